The zero-order valence-corrected chi connectivity index (χ0v) is 18.8. The zero-order chi connectivity index (χ0) is 22.7. The van der Waals surface area contributed by atoms with Gasteiger partial charge in [0.05, 0.1) is 28.3 Å². The highest BCUT2D eigenvalue weighted by Crippen LogP contribution is 2.50. The number of hydrogen-bond donors (Lipinski definition) is 0. The van der Waals surface area contributed by atoms with Gasteiger partial charge in [-0.05, 0) is 81.6 Å². The molecule has 7 aromatic rings. The van der Waals surface area contributed by atoms with Crippen LogP contribution in [-0.2, 0) is 12.8 Å². The van der Waals surface area contributed by atoms with Crippen molar-refractivity contribution < 1.29 is 0 Å². The lowest BCUT2D eigenvalue weighted by Gasteiger charge is -2.12. The summed E-state index contributed by atoms with van der Waals surface area (Å²) in [4.78, 5) is 14.3. The number of imidazole rings is 1. The summed E-state index contributed by atoms with van der Waals surface area (Å²) in [5, 5.41) is 2.38. The van der Waals surface area contributed by atoms with Crippen molar-refractivity contribution in [2.24, 2.45) is 0 Å². The lowest BCUT2D eigenvalue weighted by atomic mass is 9.94. The quantitative estimate of drug-likeness (QED) is 0.243. The maximum absolute atomic E-state index is 5.05. The van der Waals surface area contributed by atoms with E-state index >= 15 is 0 Å². The molecule has 2 aliphatic carbocycles. The van der Waals surface area contributed by atoms with Crippen LogP contribution in [-0.4, -0.2) is 19.4 Å². The Morgan fingerprint density at radius 1 is 0.686 bits per heavy atom. The van der Waals surface area contributed by atoms with E-state index in [0.29, 0.717) is 0 Å². The number of pyridine rings is 3. The smallest absolute Gasteiger partial charge is 0.146 e. The molecule has 4 nitrogen and oxygen atoms in total. The number of fused-ring (bicyclic) bond motifs is 16. The van der Waals surface area contributed by atoms with Crippen molar-refractivity contribution in [3.63, 3.8) is 0 Å². The molecule has 4 heteroatoms. The van der Waals surface area contributed by atoms with Gasteiger partial charge in [0.2, 0.25) is 0 Å². The summed E-state index contributed by atoms with van der Waals surface area (Å²) in [6.07, 6.45) is 7.54. The third kappa shape index (κ3) is 2.11. The van der Waals surface area contributed by atoms with E-state index in [9.17, 15) is 0 Å². The van der Waals surface area contributed by atoms with E-state index in [0.717, 1.165) is 45.9 Å². The van der Waals surface area contributed by atoms with Crippen molar-refractivity contribution in [2.75, 3.05) is 0 Å². The first-order valence-corrected chi connectivity index (χ1v) is 12.0. The Hall–Kier alpha value is -4.57. The highest BCUT2D eigenvalue weighted by molar-refractivity contribution is 6.16. The van der Waals surface area contributed by atoms with Gasteiger partial charge in [-0.25, -0.2) is 4.98 Å². The van der Waals surface area contributed by atoms with E-state index in [-0.39, 0.29) is 0 Å². The topological polar surface area (TPSA) is 43.1 Å². The first kappa shape index (κ1) is 17.8. The van der Waals surface area contributed by atoms with E-state index in [1.165, 1.54) is 49.9 Å². The molecule has 162 valence electrons. The lowest BCUT2D eigenvalue weighted by Crippen LogP contribution is -1.96. The Morgan fingerprint density at radius 3 is 2.60 bits per heavy atom. The van der Waals surface area contributed by atoms with Crippen molar-refractivity contribution in [1.82, 2.24) is 19.4 Å². The third-order valence-electron chi connectivity index (χ3n) is 7.99. The molecule has 0 aliphatic heterocycles. The van der Waals surface area contributed by atoms with Crippen LogP contribution in [0.3, 0.4) is 0 Å². The predicted octanol–water partition coefficient (Wildman–Crippen LogP) is 6.73. The van der Waals surface area contributed by atoms with Crippen molar-refractivity contribution in [3.05, 3.63) is 108 Å². The van der Waals surface area contributed by atoms with Gasteiger partial charge >= 0.3 is 0 Å². The molecular formula is C31H18N4. The minimum absolute atomic E-state index is 0.926. The summed E-state index contributed by atoms with van der Waals surface area (Å²) < 4.78 is 2.22. The van der Waals surface area contributed by atoms with Crippen LogP contribution in [0.25, 0.3) is 60.7 Å². The Balaban J connectivity index is 1.42. The fourth-order valence-electron chi connectivity index (χ4n) is 6.57. The SMILES string of the molecule is c1ccc2c(c1)Cc1c-2ccc2c1-c1ccc3c(c1C2)c1ncccc1n1c2cnccc2nc31. The first-order valence-electron chi connectivity index (χ1n) is 12.0. The van der Waals surface area contributed by atoms with Gasteiger partial charge in [-0.1, -0.05) is 42.5 Å². The molecule has 9 rings (SSSR count). The number of rotatable bonds is 0. The van der Waals surface area contributed by atoms with Crippen molar-refractivity contribution in [3.8, 4) is 22.3 Å². The van der Waals surface area contributed by atoms with Gasteiger partial charge in [-0.15, -0.1) is 0 Å². The summed E-state index contributed by atoms with van der Waals surface area (Å²) in [7, 11) is 0. The summed E-state index contributed by atoms with van der Waals surface area (Å²) in [5.41, 5.74) is 16.3. The predicted molar refractivity (Wildman–Crippen MR) is 140 cm³/mol. The molecule has 35 heavy (non-hydrogen) atoms. The van der Waals surface area contributed by atoms with Crippen molar-refractivity contribution in [1.29, 1.82) is 0 Å². The molecule has 0 fully saturated rings. The van der Waals surface area contributed by atoms with E-state index in [1.54, 1.807) is 0 Å². The summed E-state index contributed by atoms with van der Waals surface area (Å²) in [6.45, 7) is 0. The average molecular weight is 447 g/mol. The molecule has 0 N–H and O–H groups in total. The molecule has 4 heterocycles. The molecule has 3 aromatic carbocycles. The third-order valence-corrected chi connectivity index (χ3v) is 7.99. The molecule has 0 unspecified atom stereocenters. The fraction of sp³-hybridized carbons (Fsp3) is 0.0645. The van der Waals surface area contributed by atoms with Crippen LogP contribution in [0.5, 0.6) is 0 Å². The molecule has 0 bridgehead atoms. The van der Waals surface area contributed by atoms with Crippen LogP contribution in [0.2, 0.25) is 0 Å². The van der Waals surface area contributed by atoms with Gasteiger partial charge in [0, 0.05) is 23.2 Å². The van der Waals surface area contributed by atoms with Gasteiger partial charge in [-0.2, -0.15) is 0 Å². The van der Waals surface area contributed by atoms with Crippen LogP contribution < -0.4 is 0 Å². The molecule has 0 saturated heterocycles. The lowest BCUT2D eigenvalue weighted by molar-refractivity contribution is 1.24. The second kappa shape index (κ2) is 6.10. The molecule has 4 aromatic heterocycles. The number of aromatic nitrogens is 4. The Kier molecular flexibility index (Phi) is 3.11. The normalized spacial score (nSPS) is 13.5. The largest absolute Gasteiger partial charge is 0.289 e. The molecular weight excluding hydrogens is 428 g/mol. The van der Waals surface area contributed by atoms with Crippen LogP contribution >= 0.6 is 0 Å². The van der Waals surface area contributed by atoms with E-state index in [2.05, 4.69) is 64.0 Å². The summed E-state index contributed by atoms with van der Waals surface area (Å²) in [5.74, 6) is 0. The van der Waals surface area contributed by atoms with E-state index < -0.39 is 0 Å². The van der Waals surface area contributed by atoms with Gasteiger partial charge < -0.3 is 0 Å². The van der Waals surface area contributed by atoms with E-state index in [1.807, 2.05) is 30.7 Å². The second-order valence-electron chi connectivity index (χ2n) is 9.66. The van der Waals surface area contributed by atoms with Crippen LogP contribution in [0.1, 0.15) is 22.3 Å². The molecule has 0 saturated carbocycles. The molecule has 0 amide bonds. The Labute approximate surface area is 200 Å². The van der Waals surface area contributed by atoms with Gasteiger partial charge in [0.1, 0.15) is 5.65 Å². The van der Waals surface area contributed by atoms with Gasteiger partial charge in [-0.3, -0.25) is 14.4 Å². The highest BCUT2D eigenvalue weighted by Gasteiger charge is 2.30. The molecule has 0 radical (unpaired) electrons. The highest BCUT2D eigenvalue weighted by atomic mass is 15.0. The Bertz CT molecular complexity index is 2070. The number of hydrogen-bond acceptors (Lipinski definition) is 3. The summed E-state index contributed by atoms with van der Waals surface area (Å²) >= 11 is 0. The maximum atomic E-state index is 5.05. The van der Waals surface area contributed by atoms with Crippen molar-refractivity contribution in [2.45, 2.75) is 12.8 Å². The number of nitrogens with zero attached hydrogens (tertiary/aromatic N) is 4. The zero-order valence-electron chi connectivity index (χ0n) is 18.8. The van der Waals surface area contributed by atoms with Crippen LogP contribution in [0, 0.1) is 0 Å². The minimum atomic E-state index is 0.926. The monoisotopic (exact) mass is 446 g/mol. The second-order valence-corrected chi connectivity index (χ2v) is 9.66. The first-order chi connectivity index (χ1) is 17.4. The van der Waals surface area contributed by atoms with Crippen molar-refractivity contribution >= 4 is 38.5 Å². The minimum Gasteiger partial charge on any atom is -0.289 e. The average Bonchev–Trinajstić information content (AvgIpc) is 3.59. The standard InChI is InChI=1S/C31H18N4/c1-2-5-19-17(4-1)14-23-20(19)8-7-18-15-24-21(28(18)23)9-10-22-29(24)30-26(6-3-12-33-30)35-27-16-32-13-11-25(27)34-31(22)35/h1-13,16H,14-15H2. The van der Waals surface area contributed by atoms with Gasteiger partial charge in [0.25, 0.3) is 0 Å². The number of benzene rings is 3. The van der Waals surface area contributed by atoms with Gasteiger partial charge in [0.15, 0.2) is 0 Å². The van der Waals surface area contributed by atoms with E-state index in [4.69, 9.17) is 9.97 Å². The maximum Gasteiger partial charge on any atom is 0.146 e. The molecule has 0 atom stereocenters. The summed E-state index contributed by atoms with van der Waals surface area (Å²) in [6, 6.07) is 24.2. The Morgan fingerprint density at radius 2 is 1.60 bits per heavy atom. The van der Waals surface area contributed by atoms with Crippen LogP contribution in [0.4, 0.5) is 0 Å². The molecule has 2 aliphatic rings. The van der Waals surface area contributed by atoms with Crippen LogP contribution in [0.15, 0.2) is 85.3 Å². The molecule has 0 spiro atoms. The fourth-order valence-corrected chi connectivity index (χ4v) is 6.57.